The van der Waals surface area contributed by atoms with E-state index in [4.69, 9.17) is 9.84 Å². The van der Waals surface area contributed by atoms with Gasteiger partial charge in [-0.1, -0.05) is 12.1 Å². The number of hydrogen-bond donors (Lipinski definition) is 1. The molecule has 1 amide bonds. The van der Waals surface area contributed by atoms with E-state index < -0.39 is 18.2 Å². The minimum atomic E-state index is -1.02. The minimum absolute atomic E-state index is 0.162. The lowest BCUT2D eigenvalue weighted by atomic mass is 10.1. The first kappa shape index (κ1) is 15.9. The fraction of sp³-hybridized carbons (Fsp3) is 0.529. The first-order valence-electron chi connectivity index (χ1n) is 7.94. The number of amides is 1. The maximum atomic E-state index is 13.0. The summed E-state index contributed by atoms with van der Waals surface area (Å²) in [6.45, 7) is 1.04. The van der Waals surface area contributed by atoms with Gasteiger partial charge < -0.3 is 14.7 Å². The van der Waals surface area contributed by atoms with Gasteiger partial charge in [0.1, 0.15) is 11.9 Å². The standard InChI is InChI=1S/C17H20FNO4/c18-13-5-3-12(4-6-13)10-19(9-11-1-2-11)16(20)14-7-8-15(23-14)17(21)22/h3-6,11,14-15H,1-2,7-10H2,(H,21,22)/t14-,15+/m0/s1. The summed E-state index contributed by atoms with van der Waals surface area (Å²) in [4.78, 5) is 25.4. The van der Waals surface area contributed by atoms with Crippen molar-refractivity contribution in [3.63, 3.8) is 0 Å². The highest BCUT2D eigenvalue weighted by molar-refractivity contribution is 5.82. The lowest BCUT2D eigenvalue weighted by Gasteiger charge is -2.25. The molecule has 2 atom stereocenters. The van der Waals surface area contributed by atoms with Crippen LogP contribution >= 0.6 is 0 Å². The first-order chi connectivity index (χ1) is 11.0. The van der Waals surface area contributed by atoms with Crippen molar-refractivity contribution in [2.45, 2.75) is 44.4 Å². The molecule has 1 saturated carbocycles. The zero-order chi connectivity index (χ0) is 16.4. The second-order valence-corrected chi connectivity index (χ2v) is 6.32. The van der Waals surface area contributed by atoms with E-state index in [1.54, 1.807) is 17.0 Å². The predicted molar refractivity (Wildman–Crippen MR) is 80.1 cm³/mol. The van der Waals surface area contributed by atoms with Gasteiger partial charge in [-0.3, -0.25) is 4.79 Å². The number of rotatable bonds is 6. The van der Waals surface area contributed by atoms with E-state index in [9.17, 15) is 14.0 Å². The molecule has 1 aromatic rings. The lowest BCUT2D eigenvalue weighted by Crippen LogP contribution is -2.40. The average molecular weight is 321 g/mol. The lowest BCUT2D eigenvalue weighted by molar-refractivity contribution is -0.155. The normalized spacial score (nSPS) is 23.7. The minimum Gasteiger partial charge on any atom is -0.479 e. The molecule has 2 aliphatic rings. The van der Waals surface area contributed by atoms with Crippen LogP contribution in [0.15, 0.2) is 24.3 Å². The van der Waals surface area contributed by atoms with Crippen LogP contribution in [-0.4, -0.2) is 40.6 Å². The van der Waals surface area contributed by atoms with Crippen molar-refractivity contribution in [2.24, 2.45) is 5.92 Å². The largest absolute Gasteiger partial charge is 0.479 e. The molecule has 0 radical (unpaired) electrons. The average Bonchev–Trinajstić information content (AvgIpc) is 3.20. The third-order valence-electron chi connectivity index (χ3n) is 4.34. The topological polar surface area (TPSA) is 66.8 Å². The number of carboxylic acid groups (broad SMARTS) is 1. The first-order valence-corrected chi connectivity index (χ1v) is 7.94. The van der Waals surface area contributed by atoms with Crippen LogP contribution in [0.3, 0.4) is 0 Å². The number of aliphatic carboxylic acids is 1. The van der Waals surface area contributed by atoms with Crippen LogP contribution in [0.5, 0.6) is 0 Å². The Morgan fingerprint density at radius 1 is 1.13 bits per heavy atom. The van der Waals surface area contributed by atoms with Crippen LogP contribution in [0.1, 0.15) is 31.2 Å². The van der Waals surface area contributed by atoms with Gasteiger partial charge in [0, 0.05) is 13.1 Å². The molecule has 0 aromatic heterocycles. The summed E-state index contributed by atoms with van der Waals surface area (Å²) in [5.74, 6) is -0.981. The Morgan fingerprint density at radius 3 is 2.35 bits per heavy atom. The molecule has 1 saturated heterocycles. The number of halogens is 1. The molecule has 6 heteroatoms. The molecular weight excluding hydrogens is 301 g/mol. The molecule has 1 aromatic carbocycles. The van der Waals surface area contributed by atoms with Crippen LogP contribution in [0.4, 0.5) is 4.39 Å². The van der Waals surface area contributed by atoms with Gasteiger partial charge >= 0.3 is 5.97 Å². The summed E-state index contributed by atoms with van der Waals surface area (Å²) in [6.07, 6.45) is 1.43. The second kappa shape index (κ2) is 6.66. The van der Waals surface area contributed by atoms with Crippen LogP contribution < -0.4 is 0 Å². The van der Waals surface area contributed by atoms with Crippen molar-refractivity contribution in [1.82, 2.24) is 4.90 Å². The second-order valence-electron chi connectivity index (χ2n) is 6.32. The van der Waals surface area contributed by atoms with E-state index in [2.05, 4.69) is 0 Å². The molecule has 124 valence electrons. The zero-order valence-corrected chi connectivity index (χ0v) is 12.8. The third kappa shape index (κ3) is 4.07. The molecule has 3 rings (SSSR count). The Kier molecular flexibility index (Phi) is 4.61. The molecule has 2 fully saturated rings. The van der Waals surface area contributed by atoms with Crippen molar-refractivity contribution in [1.29, 1.82) is 0 Å². The van der Waals surface area contributed by atoms with Gasteiger partial charge in [-0.2, -0.15) is 0 Å². The Balaban J connectivity index is 1.66. The van der Waals surface area contributed by atoms with Crippen molar-refractivity contribution in [3.8, 4) is 0 Å². The van der Waals surface area contributed by atoms with Gasteiger partial charge in [-0.25, -0.2) is 9.18 Å². The van der Waals surface area contributed by atoms with Gasteiger partial charge in [-0.05, 0) is 49.3 Å². The fourth-order valence-electron chi connectivity index (χ4n) is 2.86. The molecule has 1 N–H and O–H groups in total. The Morgan fingerprint density at radius 2 is 1.78 bits per heavy atom. The molecule has 1 aliphatic heterocycles. The van der Waals surface area contributed by atoms with Crippen LogP contribution in [0, 0.1) is 11.7 Å². The predicted octanol–water partition coefficient (Wildman–Crippen LogP) is 2.20. The Bertz CT molecular complexity index is 585. The molecule has 0 bridgehead atoms. The molecule has 1 aliphatic carbocycles. The zero-order valence-electron chi connectivity index (χ0n) is 12.8. The van der Waals surface area contributed by atoms with Gasteiger partial charge in [-0.15, -0.1) is 0 Å². The van der Waals surface area contributed by atoms with E-state index in [0.29, 0.717) is 31.8 Å². The van der Waals surface area contributed by atoms with E-state index in [1.165, 1.54) is 12.1 Å². The van der Waals surface area contributed by atoms with Crippen molar-refractivity contribution in [3.05, 3.63) is 35.6 Å². The highest BCUT2D eigenvalue weighted by Gasteiger charge is 2.38. The number of nitrogens with zero attached hydrogens (tertiary/aromatic N) is 1. The van der Waals surface area contributed by atoms with Crippen LogP contribution in [0.25, 0.3) is 0 Å². The Labute approximate surface area is 134 Å². The smallest absolute Gasteiger partial charge is 0.332 e. The van der Waals surface area contributed by atoms with E-state index in [1.807, 2.05) is 0 Å². The maximum absolute atomic E-state index is 13.0. The summed E-state index contributed by atoms with van der Waals surface area (Å²) in [6, 6.07) is 6.08. The summed E-state index contributed by atoms with van der Waals surface area (Å²) in [7, 11) is 0. The number of ether oxygens (including phenoxy) is 1. The molecule has 23 heavy (non-hydrogen) atoms. The van der Waals surface area contributed by atoms with E-state index in [-0.39, 0.29) is 11.7 Å². The monoisotopic (exact) mass is 321 g/mol. The SMILES string of the molecule is O=C(O)[C@H]1CC[C@@H](C(=O)N(Cc2ccc(F)cc2)CC2CC2)O1. The summed E-state index contributed by atoms with van der Waals surface area (Å²) < 4.78 is 18.4. The fourth-order valence-corrected chi connectivity index (χ4v) is 2.86. The molecule has 0 unspecified atom stereocenters. The maximum Gasteiger partial charge on any atom is 0.332 e. The van der Waals surface area contributed by atoms with Crippen LogP contribution in [0.2, 0.25) is 0 Å². The van der Waals surface area contributed by atoms with Crippen LogP contribution in [-0.2, 0) is 20.9 Å². The van der Waals surface area contributed by atoms with Crippen molar-refractivity contribution < 1.29 is 23.8 Å². The summed E-state index contributed by atoms with van der Waals surface area (Å²) in [5, 5.41) is 8.98. The van der Waals surface area contributed by atoms with Crippen molar-refractivity contribution >= 4 is 11.9 Å². The van der Waals surface area contributed by atoms with Crippen molar-refractivity contribution in [2.75, 3.05) is 6.54 Å². The highest BCUT2D eigenvalue weighted by Crippen LogP contribution is 2.31. The number of carboxylic acids is 1. The van der Waals surface area contributed by atoms with Gasteiger partial charge in [0.05, 0.1) is 0 Å². The van der Waals surface area contributed by atoms with Gasteiger partial charge in [0.15, 0.2) is 6.10 Å². The Hall–Kier alpha value is -1.95. The number of hydrogen-bond acceptors (Lipinski definition) is 3. The van der Waals surface area contributed by atoms with Gasteiger partial charge in [0.2, 0.25) is 0 Å². The number of carbonyl (C=O) groups excluding carboxylic acids is 1. The molecule has 0 spiro atoms. The summed E-state index contributed by atoms with van der Waals surface area (Å²) in [5.41, 5.74) is 0.855. The quantitative estimate of drug-likeness (QED) is 0.872. The summed E-state index contributed by atoms with van der Waals surface area (Å²) >= 11 is 0. The van der Waals surface area contributed by atoms with E-state index >= 15 is 0 Å². The molecule has 5 nitrogen and oxygen atoms in total. The molecule has 1 heterocycles. The van der Waals surface area contributed by atoms with Gasteiger partial charge in [0.25, 0.3) is 5.91 Å². The number of benzene rings is 1. The molecular formula is C17H20FNO4. The third-order valence-corrected chi connectivity index (χ3v) is 4.34. The highest BCUT2D eigenvalue weighted by atomic mass is 19.1. The van der Waals surface area contributed by atoms with E-state index in [0.717, 1.165) is 18.4 Å². The number of carbonyl (C=O) groups is 2.